The quantitative estimate of drug-likeness (QED) is 0.475. The number of fused-ring (bicyclic) bond motifs is 1. The van der Waals surface area contributed by atoms with Crippen molar-refractivity contribution in [2.24, 2.45) is 5.14 Å². The van der Waals surface area contributed by atoms with Gasteiger partial charge in [-0.05, 0) is 54.6 Å². The standard InChI is InChI=1S/C21H13Cl2NO4S/c22-13-7-10-17(23)16(11-13)19-20(25)15-3-1-2-4-18(15)28-21(19)12-5-8-14(9-6-12)29(24,26)27/h1-11H,(H2,24,26,27). The molecule has 0 saturated heterocycles. The van der Waals surface area contributed by atoms with Crippen molar-refractivity contribution in [2.45, 2.75) is 4.90 Å². The zero-order chi connectivity index (χ0) is 20.8. The summed E-state index contributed by atoms with van der Waals surface area (Å²) in [6, 6.07) is 17.4. The first-order chi connectivity index (χ1) is 13.8. The summed E-state index contributed by atoms with van der Waals surface area (Å²) in [4.78, 5) is 13.3. The van der Waals surface area contributed by atoms with Gasteiger partial charge in [-0.1, -0.05) is 35.3 Å². The number of para-hydroxylation sites is 1. The van der Waals surface area contributed by atoms with Crippen LogP contribution < -0.4 is 10.6 Å². The van der Waals surface area contributed by atoms with E-state index in [2.05, 4.69) is 0 Å². The molecule has 0 saturated carbocycles. The fourth-order valence-corrected chi connectivity index (χ4v) is 3.97. The van der Waals surface area contributed by atoms with E-state index >= 15 is 0 Å². The third-order valence-electron chi connectivity index (χ3n) is 4.44. The van der Waals surface area contributed by atoms with Gasteiger partial charge in [0.1, 0.15) is 11.3 Å². The zero-order valence-electron chi connectivity index (χ0n) is 14.7. The van der Waals surface area contributed by atoms with E-state index in [1.807, 2.05) is 0 Å². The first kappa shape index (κ1) is 19.7. The lowest BCUT2D eigenvalue weighted by molar-refractivity contribution is 0.597. The minimum atomic E-state index is -3.85. The lowest BCUT2D eigenvalue weighted by atomic mass is 9.98. The molecular weight excluding hydrogens is 433 g/mol. The van der Waals surface area contributed by atoms with Crippen LogP contribution in [0.3, 0.4) is 0 Å². The van der Waals surface area contributed by atoms with Crippen molar-refractivity contribution in [2.75, 3.05) is 0 Å². The second-order valence-corrected chi connectivity index (χ2v) is 8.73. The van der Waals surface area contributed by atoms with Gasteiger partial charge in [-0.3, -0.25) is 4.79 Å². The van der Waals surface area contributed by atoms with Crippen LogP contribution in [-0.4, -0.2) is 8.42 Å². The van der Waals surface area contributed by atoms with Crippen LogP contribution in [0.2, 0.25) is 10.0 Å². The molecule has 0 aliphatic heterocycles. The van der Waals surface area contributed by atoms with Gasteiger partial charge in [0.15, 0.2) is 0 Å². The van der Waals surface area contributed by atoms with Crippen LogP contribution in [0, 0.1) is 0 Å². The number of hydrogen-bond acceptors (Lipinski definition) is 4. The molecule has 29 heavy (non-hydrogen) atoms. The second kappa shape index (κ2) is 7.31. The van der Waals surface area contributed by atoms with Crippen molar-refractivity contribution < 1.29 is 12.8 Å². The maximum absolute atomic E-state index is 13.3. The van der Waals surface area contributed by atoms with Gasteiger partial charge in [0.05, 0.1) is 15.8 Å². The molecule has 0 atom stereocenters. The van der Waals surface area contributed by atoms with Gasteiger partial charge >= 0.3 is 0 Å². The Bertz CT molecular complexity index is 1410. The first-order valence-electron chi connectivity index (χ1n) is 8.40. The molecule has 3 aromatic carbocycles. The third-order valence-corrected chi connectivity index (χ3v) is 5.93. The van der Waals surface area contributed by atoms with Gasteiger partial charge in [0.25, 0.3) is 0 Å². The number of benzene rings is 3. The van der Waals surface area contributed by atoms with Crippen molar-refractivity contribution in [1.82, 2.24) is 0 Å². The summed E-state index contributed by atoms with van der Waals surface area (Å²) in [6.07, 6.45) is 0. The number of sulfonamides is 1. The molecular formula is C21H13Cl2NO4S. The number of rotatable bonds is 3. The van der Waals surface area contributed by atoms with Crippen molar-refractivity contribution in [3.63, 3.8) is 0 Å². The number of nitrogens with two attached hydrogens (primary N) is 1. The summed E-state index contributed by atoms with van der Waals surface area (Å²) in [5, 5.41) is 6.30. The summed E-state index contributed by atoms with van der Waals surface area (Å²) in [5.74, 6) is 0.249. The Hall–Kier alpha value is -2.64. The summed E-state index contributed by atoms with van der Waals surface area (Å²) in [5.41, 5.74) is 1.27. The van der Waals surface area contributed by atoms with E-state index in [0.29, 0.717) is 32.1 Å². The highest BCUT2D eigenvalue weighted by Crippen LogP contribution is 2.37. The van der Waals surface area contributed by atoms with E-state index in [0.717, 1.165) is 0 Å². The first-order valence-corrected chi connectivity index (χ1v) is 10.7. The molecule has 4 aromatic rings. The molecule has 0 spiro atoms. The van der Waals surface area contributed by atoms with Crippen LogP contribution in [0.15, 0.2) is 80.8 Å². The largest absolute Gasteiger partial charge is 0.455 e. The lowest BCUT2D eigenvalue weighted by Gasteiger charge is -2.12. The Morgan fingerprint density at radius 3 is 2.28 bits per heavy atom. The summed E-state index contributed by atoms with van der Waals surface area (Å²) in [6.45, 7) is 0. The Balaban J connectivity index is 2.08. The predicted molar refractivity (Wildman–Crippen MR) is 115 cm³/mol. The Kier molecular flexibility index (Phi) is 4.96. The van der Waals surface area contributed by atoms with Gasteiger partial charge in [-0.15, -0.1) is 0 Å². The topological polar surface area (TPSA) is 90.4 Å². The van der Waals surface area contributed by atoms with Crippen molar-refractivity contribution in [3.8, 4) is 22.5 Å². The fraction of sp³-hybridized carbons (Fsp3) is 0. The molecule has 0 bridgehead atoms. The third kappa shape index (κ3) is 3.68. The highest BCUT2D eigenvalue weighted by Gasteiger charge is 2.20. The van der Waals surface area contributed by atoms with Crippen LogP contribution in [0.1, 0.15) is 0 Å². The van der Waals surface area contributed by atoms with Crippen LogP contribution in [-0.2, 0) is 10.0 Å². The van der Waals surface area contributed by atoms with E-state index in [-0.39, 0.29) is 21.6 Å². The molecule has 4 rings (SSSR count). The normalized spacial score (nSPS) is 11.7. The van der Waals surface area contributed by atoms with Crippen LogP contribution in [0.25, 0.3) is 33.4 Å². The van der Waals surface area contributed by atoms with Gasteiger partial charge in [-0.25, -0.2) is 13.6 Å². The van der Waals surface area contributed by atoms with Crippen molar-refractivity contribution in [1.29, 1.82) is 0 Å². The molecule has 8 heteroatoms. The van der Waals surface area contributed by atoms with Crippen LogP contribution in [0.4, 0.5) is 0 Å². The van der Waals surface area contributed by atoms with Crippen LogP contribution >= 0.6 is 23.2 Å². The van der Waals surface area contributed by atoms with E-state index in [9.17, 15) is 13.2 Å². The average Bonchev–Trinajstić information content (AvgIpc) is 2.69. The second-order valence-electron chi connectivity index (χ2n) is 6.33. The summed E-state index contributed by atoms with van der Waals surface area (Å²) in [7, 11) is -3.85. The smallest absolute Gasteiger partial charge is 0.238 e. The SMILES string of the molecule is NS(=O)(=O)c1ccc(-c2oc3ccccc3c(=O)c2-c2cc(Cl)ccc2Cl)cc1. The van der Waals surface area contributed by atoms with E-state index in [4.69, 9.17) is 32.8 Å². The van der Waals surface area contributed by atoms with Gasteiger partial charge < -0.3 is 4.42 Å². The van der Waals surface area contributed by atoms with E-state index in [1.165, 1.54) is 24.3 Å². The van der Waals surface area contributed by atoms with Gasteiger partial charge in [0.2, 0.25) is 15.5 Å². The molecule has 5 nitrogen and oxygen atoms in total. The minimum Gasteiger partial charge on any atom is -0.455 e. The number of hydrogen-bond donors (Lipinski definition) is 1. The molecule has 0 aliphatic carbocycles. The molecule has 2 N–H and O–H groups in total. The molecule has 0 amide bonds. The summed E-state index contributed by atoms with van der Waals surface area (Å²) < 4.78 is 29.2. The molecule has 0 radical (unpaired) electrons. The van der Waals surface area contributed by atoms with Crippen LogP contribution in [0.5, 0.6) is 0 Å². The highest BCUT2D eigenvalue weighted by atomic mass is 35.5. The highest BCUT2D eigenvalue weighted by molar-refractivity contribution is 7.89. The lowest BCUT2D eigenvalue weighted by Crippen LogP contribution is -2.12. The Labute approximate surface area is 176 Å². The fourth-order valence-electron chi connectivity index (χ4n) is 3.07. The van der Waals surface area contributed by atoms with E-state index in [1.54, 1.807) is 42.5 Å². The number of primary sulfonamides is 1. The van der Waals surface area contributed by atoms with E-state index < -0.39 is 10.0 Å². The summed E-state index contributed by atoms with van der Waals surface area (Å²) >= 11 is 12.5. The minimum absolute atomic E-state index is 0.0493. The molecule has 146 valence electrons. The maximum Gasteiger partial charge on any atom is 0.238 e. The maximum atomic E-state index is 13.3. The Morgan fingerprint density at radius 2 is 1.59 bits per heavy atom. The van der Waals surface area contributed by atoms with Gasteiger partial charge in [-0.2, -0.15) is 0 Å². The zero-order valence-corrected chi connectivity index (χ0v) is 17.1. The molecule has 0 aliphatic rings. The monoisotopic (exact) mass is 445 g/mol. The Morgan fingerprint density at radius 1 is 0.897 bits per heavy atom. The predicted octanol–water partition coefficient (Wildman–Crippen LogP) is 5.08. The van der Waals surface area contributed by atoms with Gasteiger partial charge in [0, 0.05) is 21.2 Å². The molecule has 1 heterocycles. The molecule has 0 unspecified atom stereocenters. The number of halogens is 2. The molecule has 1 aromatic heterocycles. The average molecular weight is 446 g/mol. The van der Waals surface area contributed by atoms with Crippen molar-refractivity contribution in [3.05, 3.63) is 87.0 Å². The van der Waals surface area contributed by atoms with Crippen molar-refractivity contribution >= 4 is 44.2 Å². The molecule has 0 fully saturated rings.